The minimum absolute atomic E-state index is 0.218. The molecule has 0 spiro atoms. The highest BCUT2D eigenvalue weighted by molar-refractivity contribution is 5.69. The lowest BCUT2D eigenvalue weighted by Crippen LogP contribution is -2.03. The van der Waals surface area contributed by atoms with E-state index in [1.165, 1.54) is 6.07 Å². The van der Waals surface area contributed by atoms with Gasteiger partial charge in [0.2, 0.25) is 0 Å². The molecule has 0 saturated heterocycles. The number of hydrogen-bond donors (Lipinski definition) is 1. The second-order valence-electron chi connectivity index (χ2n) is 4.31. The molecule has 2 aromatic rings. The van der Waals surface area contributed by atoms with Crippen LogP contribution in [-0.4, -0.2) is 17.2 Å². The Labute approximate surface area is 106 Å². The summed E-state index contributed by atoms with van der Waals surface area (Å²) in [5.41, 5.74) is 4.19. The second-order valence-corrected chi connectivity index (χ2v) is 4.31. The Balaban J connectivity index is 2.65. The van der Waals surface area contributed by atoms with Crippen LogP contribution in [0.3, 0.4) is 0 Å². The van der Waals surface area contributed by atoms with Gasteiger partial charge in [-0.05, 0) is 43.5 Å². The number of rotatable bonds is 2. The number of halogens is 1. The van der Waals surface area contributed by atoms with E-state index in [-0.39, 0.29) is 5.82 Å². The molecule has 1 heterocycles. The summed E-state index contributed by atoms with van der Waals surface area (Å²) < 4.78 is 13.6. The monoisotopic (exact) mass is 245 g/mol. The predicted molar refractivity (Wildman–Crippen MR) is 71.2 cm³/mol. The molecular weight excluding hydrogens is 229 g/mol. The van der Waals surface area contributed by atoms with Gasteiger partial charge in [0.25, 0.3) is 0 Å². The Hall–Kier alpha value is -1.97. The van der Waals surface area contributed by atoms with Crippen LogP contribution in [0.1, 0.15) is 16.7 Å². The fourth-order valence-corrected chi connectivity index (χ4v) is 1.96. The first-order chi connectivity index (χ1) is 8.56. The highest BCUT2D eigenvalue weighted by Crippen LogP contribution is 2.28. The zero-order valence-electron chi connectivity index (χ0n) is 11.0. The van der Waals surface area contributed by atoms with Gasteiger partial charge in [0.1, 0.15) is 5.82 Å². The van der Waals surface area contributed by atoms with Crippen molar-refractivity contribution in [3.63, 3.8) is 0 Å². The van der Waals surface area contributed by atoms with Gasteiger partial charge in [-0.2, -0.15) is 0 Å². The standard InChI is InChI=1S/C14H16FN3/c1-8-9(2)14(16-4)18-17-13(8)11-6-5-7-12(15)10(11)3/h5-7H,1-4H3,(H,16,18). The molecule has 0 bridgehead atoms. The SMILES string of the molecule is CNc1nnc(-c2cccc(F)c2C)c(C)c1C. The van der Waals surface area contributed by atoms with E-state index in [0.717, 1.165) is 28.2 Å². The smallest absolute Gasteiger partial charge is 0.151 e. The van der Waals surface area contributed by atoms with E-state index in [2.05, 4.69) is 15.5 Å². The van der Waals surface area contributed by atoms with Gasteiger partial charge in [0, 0.05) is 12.6 Å². The van der Waals surface area contributed by atoms with Crippen molar-refractivity contribution in [2.75, 3.05) is 12.4 Å². The Morgan fingerprint density at radius 2 is 1.72 bits per heavy atom. The summed E-state index contributed by atoms with van der Waals surface area (Å²) >= 11 is 0. The van der Waals surface area contributed by atoms with Crippen LogP contribution in [-0.2, 0) is 0 Å². The van der Waals surface area contributed by atoms with Gasteiger partial charge >= 0.3 is 0 Å². The van der Waals surface area contributed by atoms with Crippen LogP contribution < -0.4 is 5.32 Å². The molecule has 0 amide bonds. The average molecular weight is 245 g/mol. The van der Waals surface area contributed by atoms with Crippen molar-refractivity contribution in [3.05, 3.63) is 40.7 Å². The molecule has 0 aliphatic heterocycles. The van der Waals surface area contributed by atoms with Crippen molar-refractivity contribution in [1.29, 1.82) is 0 Å². The Morgan fingerprint density at radius 3 is 2.39 bits per heavy atom. The first kappa shape index (κ1) is 12.5. The molecule has 0 radical (unpaired) electrons. The third-order valence-corrected chi connectivity index (χ3v) is 3.28. The maximum absolute atomic E-state index is 13.6. The van der Waals surface area contributed by atoms with Crippen LogP contribution in [0.2, 0.25) is 0 Å². The molecule has 1 aromatic heterocycles. The van der Waals surface area contributed by atoms with Gasteiger partial charge < -0.3 is 5.32 Å². The Morgan fingerprint density at radius 1 is 1.00 bits per heavy atom. The van der Waals surface area contributed by atoms with E-state index in [4.69, 9.17) is 0 Å². The summed E-state index contributed by atoms with van der Waals surface area (Å²) in [5, 5.41) is 11.3. The number of benzene rings is 1. The molecule has 4 heteroatoms. The molecule has 0 saturated carbocycles. The zero-order chi connectivity index (χ0) is 13.3. The first-order valence-corrected chi connectivity index (χ1v) is 5.83. The van der Waals surface area contributed by atoms with Crippen LogP contribution in [0.5, 0.6) is 0 Å². The lowest BCUT2D eigenvalue weighted by Gasteiger charge is -2.12. The summed E-state index contributed by atoms with van der Waals surface area (Å²) in [7, 11) is 1.81. The van der Waals surface area contributed by atoms with Gasteiger partial charge in [-0.15, -0.1) is 10.2 Å². The third kappa shape index (κ3) is 1.94. The van der Waals surface area contributed by atoms with Crippen LogP contribution in [0.25, 0.3) is 11.3 Å². The van der Waals surface area contributed by atoms with E-state index in [1.54, 1.807) is 13.0 Å². The number of aromatic nitrogens is 2. The van der Waals surface area contributed by atoms with Crippen LogP contribution in [0.4, 0.5) is 10.2 Å². The van der Waals surface area contributed by atoms with E-state index in [0.29, 0.717) is 5.56 Å². The topological polar surface area (TPSA) is 37.8 Å². The summed E-state index contributed by atoms with van der Waals surface area (Å²) in [6.07, 6.45) is 0. The van der Waals surface area contributed by atoms with Crippen LogP contribution in [0, 0.1) is 26.6 Å². The molecular formula is C14H16FN3. The molecule has 0 aliphatic carbocycles. The highest BCUT2D eigenvalue weighted by Gasteiger charge is 2.13. The number of nitrogens with zero attached hydrogens (tertiary/aromatic N) is 2. The average Bonchev–Trinajstić information content (AvgIpc) is 2.37. The van der Waals surface area contributed by atoms with Gasteiger partial charge in [-0.25, -0.2) is 4.39 Å². The number of nitrogens with one attached hydrogen (secondary N) is 1. The van der Waals surface area contributed by atoms with Crippen molar-refractivity contribution < 1.29 is 4.39 Å². The highest BCUT2D eigenvalue weighted by atomic mass is 19.1. The molecule has 94 valence electrons. The van der Waals surface area contributed by atoms with E-state index < -0.39 is 0 Å². The molecule has 1 aromatic carbocycles. The van der Waals surface area contributed by atoms with Gasteiger partial charge in [-0.1, -0.05) is 12.1 Å². The fourth-order valence-electron chi connectivity index (χ4n) is 1.96. The Kier molecular flexibility index (Phi) is 3.28. The predicted octanol–water partition coefficient (Wildman–Crippen LogP) is 3.25. The maximum Gasteiger partial charge on any atom is 0.151 e. The molecule has 0 aliphatic rings. The molecule has 0 atom stereocenters. The zero-order valence-corrected chi connectivity index (χ0v) is 11.0. The molecule has 0 unspecified atom stereocenters. The number of hydrogen-bond acceptors (Lipinski definition) is 3. The van der Waals surface area contributed by atoms with Gasteiger partial charge in [0.05, 0.1) is 5.69 Å². The quantitative estimate of drug-likeness (QED) is 0.882. The lowest BCUT2D eigenvalue weighted by atomic mass is 9.99. The molecule has 3 nitrogen and oxygen atoms in total. The molecule has 18 heavy (non-hydrogen) atoms. The summed E-state index contributed by atoms with van der Waals surface area (Å²) in [4.78, 5) is 0. The minimum atomic E-state index is -0.218. The molecule has 1 N–H and O–H groups in total. The van der Waals surface area contributed by atoms with Crippen molar-refractivity contribution in [3.8, 4) is 11.3 Å². The Bertz CT molecular complexity index is 594. The molecule has 2 rings (SSSR count). The largest absolute Gasteiger partial charge is 0.371 e. The van der Waals surface area contributed by atoms with Crippen molar-refractivity contribution in [2.24, 2.45) is 0 Å². The van der Waals surface area contributed by atoms with Crippen molar-refractivity contribution in [2.45, 2.75) is 20.8 Å². The van der Waals surface area contributed by atoms with E-state index in [9.17, 15) is 4.39 Å². The van der Waals surface area contributed by atoms with Crippen molar-refractivity contribution in [1.82, 2.24) is 10.2 Å². The summed E-state index contributed by atoms with van der Waals surface area (Å²) in [6.45, 7) is 5.71. The van der Waals surface area contributed by atoms with Gasteiger partial charge in [0.15, 0.2) is 5.82 Å². The molecule has 0 fully saturated rings. The van der Waals surface area contributed by atoms with E-state index >= 15 is 0 Å². The normalized spacial score (nSPS) is 10.5. The second kappa shape index (κ2) is 4.72. The van der Waals surface area contributed by atoms with Gasteiger partial charge in [-0.3, -0.25) is 0 Å². The van der Waals surface area contributed by atoms with Crippen LogP contribution >= 0.6 is 0 Å². The fraction of sp³-hybridized carbons (Fsp3) is 0.286. The van der Waals surface area contributed by atoms with Crippen LogP contribution in [0.15, 0.2) is 18.2 Å². The maximum atomic E-state index is 13.6. The minimum Gasteiger partial charge on any atom is -0.371 e. The first-order valence-electron chi connectivity index (χ1n) is 5.83. The van der Waals surface area contributed by atoms with E-state index in [1.807, 2.05) is 27.0 Å². The number of anilines is 1. The summed E-state index contributed by atoms with van der Waals surface area (Å²) in [5.74, 6) is 0.536. The summed E-state index contributed by atoms with van der Waals surface area (Å²) in [6, 6.07) is 5.02. The lowest BCUT2D eigenvalue weighted by molar-refractivity contribution is 0.619. The third-order valence-electron chi connectivity index (χ3n) is 3.28. The van der Waals surface area contributed by atoms with Crippen molar-refractivity contribution >= 4 is 5.82 Å².